The third kappa shape index (κ3) is 3.33. The van der Waals surface area contributed by atoms with E-state index in [0.717, 1.165) is 29.7 Å². The van der Waals surface area contributed by atoms with Gasteiger partial charge in [-0.15, -0.1) is 0 Å². The number of aryl methyl sites for hydroxylation is 2. The number of hydrogen-bond donors (Lipinski definition) is 2. The molecule has 3 rings (SSSR count). The summed E-state index contributed by atoms with van der Waals surface area (Å²) in [7, 11) is 0. The van der Waals surface area contributed by atoms with Gasteiger partial charge in [0.1, 0.15) is 11.5 Å². The predicted octanol–water partition coefficient (Wildman–Crippen LogP) is 3.93. The van der Waals surface area contributed by atoms with Crippen LogP contribution in [-0.2, 0) is 6.42 Å². The normalized spacial score (nSPS) is 17.3. The van der Waals surface area contributed by atoms with E-state index in [-0.39, 0.29) is 17.7 Å². The molecule has 0 aliphatic carbocycles. The zero-order valence-corrected chi connectivity index (χ0v) is 14.4. The molecule has 1 aliphatic rings. The SMILES string of the molecule is CCc1cc(NC(=O)N2CCC(c3cc(C)c(Cl)cc3O)C2)no1. The van der Waals surface area contributed by atoms with Crippen LogP contribution in [-0.4, -0.2) is 34.3 Å². The van der Waals surface area contributed by atoms with Crippen LogP contribution >= 0.6 is 11.6 Å². The van der Waals surface area contributed by atoms with Crippen molar-refractivity contribution in [2.24, 2.45) is 0 Å². The van der Waals surface area contributed by atoms with Crippen LogP contribution in [0.5, 0.6) is 5.75 Å². The molecule has 24 heavy (non-hydrogen) atoms. The van der Waals surface area contributed by atoms with E-state index >= 15 is 0 Å². The maximum atomic E-state index is 12.3. The number of likely N-dealkylation sites (tertiary alicyclic amines) is 1. The second-order valence-corrected chi connectivity index (χ2v) is 6.46. The number of benzene rings is 1. The average molecular weight is 350 g/mol. The summed E-state index contributed by atoms with van der Waals surface area (Å²) in [5.74, 6) is 1.42. The van der Waals surface area contributed by atoms with Crippen molar-refractivity contribution in [1.82, 2.24) is 10.1 Å². The molecule has 1 atom stereocenters. The van der Waals surface area contributed by atoms with E-state index in [1.807, 2.05) is 19.9 Å². The summed E-state index contributed by atoms with van der Waals surface area (Å²) in [4.78, 5) is 14.1. The summed E-state index contributed by atoms with van der Waals surface area (Å²) in [5, 5.41) is 17.3. The van der Waals surface area contributed by atoms with Crippen LogP contribution in [0, 0.1) is 6.92 Å². The third-order valence-corrected chi connectivity index (χ3v) is 4.77. The number of carbonyl (C=O) groups excluding carboxylic acids is 1. The largest absolute Gasteiger partial charge is 0.508 e. The highest BCUT2D eigenvalue weighted by atomic mass is 35.5. The first kappa shape index (κ1) is 16.6. The Kier molecular flexibility index (Phi) is 4.66. The lowest BCUT2D eigenvalue weighted by Gasteiger charge is -2.17. The van der Waals surface area contributed by atoms with Gasteiger partial charge in [0, 0.05) is 36.5 Å². The molecule has 1 aromatic carbocycles. The van der Waals surface area contributed by atoms with Gasteiger partial charge in [0.25, 0.3) is 0 Å². The molecule has 6 nitrogen and oxygen atoms in total. The van der Waals surface area contributed by atoms with Gasteiger partial charge < -0.3 is 14.5 Å². The molecule has 0 radical (unpaired) electrons. The van der Waals surface area contributed by atoms with E-state index in [1.165, 1.54) is 0 Å². The molecule has 0 bridgehead atoms. The summed E-state index contributed by atoms with van der Waals surface area (Å²) in [6, 6.07) is 4.98. The predicted molar refractivity (Wildman–Crippen MR) is 91.7 cm³/mol. The maximum Gasteiger partial charge on any atom is 0.323 e. The van der Waals surface area contributed by atoms with Crippen LogP contribution in [0.25, 0.3) is 0 Å². The molecular weight excluding hydrogens is 330 g/mol. The van der Waals surface area contributed by atoms with Crippen LogP contribution in [0.3, 0.4) is 0 Å². The fraction of sp³-hybridized carbons (Fsp3) is 0.412. The number of urea groups is 1. The first-order valence-corrected chi connectivity index (χ1v) is 8.36. The van der Waals surface area contributed by atoms with E-state index in [2.05, 4.69) is 10.5 Å². The number of aromatic hydroxyl groups is 1. The summed E-state index contributed by atoms with van der Waals surface area (Å²) >= 11 is 6.03. The fourth-order valence-electron chi connectivity index (χ4n) is 2.95. The van der Waals surface area contributed by atoms with Crippen LogP contribution in [0.4, 0.5) is 10.6 Å². The lowest BCUT2D eigenvalue weighted by molar-refractivity contribution is 0.221. The first-order chi connectivity index (χ1) is 11.5. The van der Waals surface area contributed by atoms with Crippen LogP contribution in [0.1, 0.15) is 36.1 Å². The van der Waals surface area contributed by atoms with E-state index in [4.69, 9.17) is 16.1 Å². The minimum Gasteiger partial charge on any atom is -0.508 e. The quantitative estimate of drug-likeness (QED) is 0.880. The van der Waals surface area contributed by atoms with Gasteiger partial charge in [-0.2, -0.15) is 0 Å². The van der Waals surface area contributed by atoms with Gasteiger partial charge in [0.05, 0.1) is 0 Å². The van der Waals surface area contributed by atoms with Gasteiger partial charge in [-0.3, -0.25) is 5.32 Å². The molecule has 128 valence electrons. The second kappa shape index (κ2) is 6.73. The van der Waals surface area contributed by atoms with Gasteiger partial charge in [0.15, 0.2) is 5.82 Å². The topological polar surface area (TPSA) is 78.6 Å². The number of phenols is 1. The molecule has 7 heteroatoms. The summed E-state index contributed by atoms with van der Waals surface area (Å²) in [5.41, 5.74) is 1.75. The van der Waals surface area contributed by atoms with Crippen molar-refractivity contribution in [3.63, 3.8) is 0 Å². The average Bonchev–Trinajstić information content (AvgIpc) is 3.20. The number of nitrogens with one attached hydrogen (secondary N) is 1. The highest BCUT2D eigenvalue weighted by Crippen LogP contribution is 2.36. The number of rotatable bonds is 3. The highest BCUT2D eigenvalue weighted by molar-refractivity contribution is 6.31. The zero-order chi connectivity index (χ0) is 17.3. The molecule has 1 aromatic heterocycles. The highest BCUT2D eigenvalue weighted by Gasteiger charge is 2.29. The van der Waals surface area contributed by atoms with E-state index in [1.54, 1.807) is 17.0 Å². The van der Waals surface area contributed by atoms with Crippen LogP contribution in [0.15, 0.2) is 22.7 Å². The Morgan fingerprint density at radius 1 is 1.50 bits per heavy atom. The van der Waals surface area contributed by atoms with Crippen LogP contribution in [0.2, 0.25) is 5.02 Å². The minimum absolute atomic E-state index is 0.0928. The second-order valence-electron chi connectivity index (χ2n) is 6.05. The summed E-state index contributed by atoms with van der Waals surface area (Å²) in [6.45, 7) is 5.02. The maximum absolute atomic E-state index is 12.3. The number of nitrogens with zero attached hydrogens (tertiary/aromatic N) is 2. The van der Waals surface area contributed by atoms with Crippen molar-refractivity contribution in [2.75, 3.05) is 18.4 Å². The zero-order valence-electron chi connectivity index (χ0n) is 13.7. The Labute approximate surface area is 145 Å². The molecule has 1 unspecified atom stereocenters. The molecule has 1 aliphatic heterocycles. The number of aromatic nitrogens is 1. The molecular formula is C17H20ClN3O3. The monoisotopic (exact) mass is 349 g/mol. The van der Waals surface area contributed by atoms with Crippen molar-refractivity contribution < 1.29 is 14.4 Å². The molecule has 1 saturated heterocycles. The molecule has 0 spiro atoms. The number of anilines is 1. The van der Waals surface area contributed by atoms with Crippen molar-refractivity contribution in [3.8, 4) is 5.75 Å². The minimum atomic E-state index is -0.210. The van der Waals surface area contributed by atoms with Gasteiger partial charge in [-0.05, 0) is 30.5 Å². The number of phenolic OH excluding ortho intramolecular Hbond substituents is 1. The lowest BCUT2D eigenvalue weighted by Crippen LogP contribution is -2.32. The molecule has 1 fully saturated rings. The Morgan fingerprint density at radius 3 is 3.00 bits per heavy atom. The number of halogens is 1. The van der Waals surface area contributed by atoms with Crippen molar-refractivity contribution in [2.45, 2.75) is 32.6 Å². The lowest BCUT2D eigenvalue weighted by atomic mass is 9.96. The van der Waals surface area contributed by atoms with Gasteiger partial charge in [-0.1, -0.05) is 29.7 Å². The number of hydrogen-bond acceptors (Lipinski definition) is 4. The van der Waals surface area contributed by atoms with Gasteiger partial charge in [0.2, 0.25) is 0 Å². The molecule has 2 aromatic rings. The van der Waals surface area contributed by atoms with Gasteiger partial charge >= 0.3 is 6.03 Å². The number of carbonyl (C=O) groups is 1. The Morgan fingerprint density at radius 2 is 2.29 bits per heavy atom. The Bertz CT molecular complexity index is 760. The molecule has 0 saturated carbocycles. The molecule has 2 amide bonds. The summed E-state index contributed by atoms with van der Waals surface area (Å²) < 4.78 is 5.08. The van der Waals surface area contributed by atoms with Crippen LogP contribution < -0.4 is 5.32 Å². The smallest absolute Gasteiger partial charge is 0.323 e. The van der Waals surface area contributed by atoms with Crippen molar-refractivity contribution >= 4 is 23.4 Å². The van der Waals surface area contributed by atoms with Crippen molar-refractivity contribution in [3.05, 3.63) is 40.1 Å². The summed E-state index contributed by atoms with van der Waals surface area (Å²) in [6.07, 6.45) is 1.52. The van der Waals surface area contributed by atoms with Gasteiger partial charge in [-0.25, -0.2) is 4.79 Å². The Hall–Kier alpha value is -2.21. The van der Waals surface area contributed by atoms with Crippen molar-refractivity contribution in [1.29, 1.82) is 0 Å². The Balaban J connectivity index is 1.66. The molecule has 2 N–H and O–H groups in total. The van der Waals surface area contributed by atoms with E-state index in [9.17, 15) is 9.90 Å². The fourth-order valence-corrected chi connectivity index (χ4v) is 3.10. The third-order valence-electron chi connectivity index (χ3n) is 4.37. The number of amides is 2. The first-order valence-electron chi connectivity index (χ1n) is 7.98. The molecule has 2 heterocycles. The van der Waals surface area contributed by atoms with E-state index in [0.29, 0.717) is 23.9 Å². The van der Waals surface area contributed by atoms with E-state index < -0.39 is 0 Å². The standard InChI is InChI=1S/C17H20ClN3O3/c1-3-12-7-16(20-24-12)19-17(23)21-5-4-11(9-21)13-6-10(2)14(18)8-15(13)22/h6-8,11,22H,3-5,9H2,1-2H3,(H,19,20,23).